The summed E-state index contributed by atoms with van der Waals surface area (Å²) in [6, 6.07) is 0.562. The molecule has 178 valence electrons. The van der Waals surface area contributed by atoms with E-state index >= 15 is 0 Å². The van der Waals surface area contributed by atoms with Gasteiger partial charge in [-0.25, -0.2) is 0 Å². The molecule has 1 aliphatic heterocycles. The molecule has 0 bridgehead atoms. The van der Waals surface area contributed by atoms with E-state index in [0.29, 0.717) is 26.4 Å². The Hall–Kier alpha value is -0.612. The average molecular weight is 614 g/mol. The molecule has 1 heterocycles. The van der Waals surface area contributed by atoms with Crippen molar-refractivity contribution < 1.29 is 59.8 Å². The summed E-state index contributed by atoms with van der Waals surface area (Å²) in [5.41, 5.74) is 9.20. The molecule has 0 spiro atoms. The fourth-order valence-corrected chi connectivity index (χ4v) is 3.06. The zero-order valence-electron chi connectivity index (χ0n) is 17.3. The number of aliphatic carboxylic acids is 2. The van der Waals surface area contributed by atoms with Gasteiger partial charge in [0, 0.05) is 25.3 Å². The van der Waals surface area contributed by atoms with Gasteiger partial charge in [-0.05, 0) is 25.7 Å². The summed E-state index contributed by atoms with van der Waals surface area (Å²) >= 11 is 0. The van der Waals surface area contributed by atoms with Crippen LogP contribution in [0.2, 0.25) is 0 Å². The minimum absolute atomic E-state index is 0. The van der Waals surface area contributed by atoms with Crippen LogP contribution in [0.5, 0.6) is 0 Å². The fraction of sp³-hybridized carbons (Fsp3) is 0.895. The number of nitrogens with two attached hydrogens (primary N) is 2. The van der Waals surface area contributed by atoms with Crippen LogP contribution in [0, 0.1) is 5.41 Å². The molecule has 10 nitrogen and oxygen atoms in total. The Morgan fingerprint density at radius 3 is 1.23 bits per heavy atom. The molecule has 0 aromatic carbocycles. The van der Waals surface area contributed by atoms with Gasteiger partial charge in [-0.1, -0.05) is 12.8 Å². The number of rotatable bonds is 2. The second-order valence-electron chi connectivity index (χ2n) is 7.22. The molecule has 0 amide bonds. The number of carboxylic acids is 2. The second-order valence-corrected chi connectivity index (χ2v) is 7.22. The van der Waals surface area contributed by atoms with Crippen LogP contribution in [-0.4, -0.2) is 76.9 Å². The van der Waals surface area contributed by atoms with Gasteiger partial charge in [0.1, 0.15) is 0 Å². The van der Waals surface area contributed by atoms with E-state index < -0.39 is 17.4 Å². The van der Waals surface area contributed by atoms with E-state index in [4.69, 9.17) is 30.4 Å². The Bertz CT molecular complexity index is 441. The molecule has 0 aromatic rings. The molecule has 1 aliphatic carbocycles. The van der Waals surface area contributed by atoms with E-state index in [1.165, 1.54) is 12.8 Å². The molecule has 1 saturated carbocycles. The zero-order valence-corrected chi connectivity index (χ0v) is 19.6. The first-order valence-electron chi connectivity index (χ1n) is 10.1. The van der Waals surface area contributed by atoms with Gasteiger partial charge in [-0.3, -0.25) is 0 Å². The minimum atomic E-state index is -2.11. The number of hydrogen-bond acceptors (Lipinski definition) is 10. The Balaban J connectivity index is 0.000000782. The SMILES string of the molecule is N[C@@H]1CCCC[C@H]1N.O=C([O-])C1(C(=O)[O-])CCOCCOCCOCCOCC1.[Pt+2]. The summed E-state index contributed by atoms with van der Waals surface area (Å²) in [6.45, 7) is 1.90. The number of hydrogen-bond donors (Lipinski definition) is 2. The van der Waals surface area contributed by atoms with E-state index in [0.717, 1.165) is 12.8 Å². The van der Waals surface area contributed by atoms with Gasteiger partial charge in [0.05, 0.1) is 57.0 Å². The van der Waals surface area contributed by atoms with E-state index in [1.807, 2.05) is 0 Å². The third kappa shape index (κ3) is 11.1. The van der Waals surface area contributed by atoms with Crippen molar-refractivity contribution in [2.75, 3.05) is 52.9 Å². The smallest absolute Gasteiger partial charge is 0.549 e. The van der Waals surface area contributed by atoms with Crippen molar-refractivity contribution in [2.24, 2.45) is 16.9 Å². The Labute approximate surface area is 192 Å². The van der Waals surface area contributed by atoms with Crippen LogP contribution < -0.4 is 21.7 Å². The quantitative estimate of drug-likeness (QED) is 0.319. The molecule has 4 N–H and O–H groups in total. The minimum Gasteiger partial charge on any atom is -0.549 e. The van der Waals surface area contributed by atoms with Gasteiger partial charge in [-0.15, -0.1) is 0 Å². The van der Waals surface area contributed by atoms with Crippen molar-refractivity contribution in [3.05, 3.63) is 0 Å². The van der Waals surface area contributed by atoms with Crippen molar-refractivity contribution in [2.45, 2.75) is 50.6 Å². The predicted octanol–water partition coefficient (Wildman–Crippen LogP) is -2.45. The molecule has 0 radical (unpaired) electrons. The molecule has 0 unspecified atom stereocenters. The van der Waals surface area contributed by atoms with Crippen LogP contribution in [0.3, 0.4) is 0 Å². The van der Waals surface area contributed by atoms with Gasteiger partial charge >= 0.3 is 21.1 Å². The molecule has 2 atom stereocenters. The van der Waals surface area contributed by atoms with E-state index in [1.54, 1.807) is 0 Å². The van der Waals surface area contributed by atoms with E-state index in [2.05, 4.69) is 0 Å². The Morgan fingerprint density at radius 1 is 0.667 bits per heavy atom. The maximum atomic E-state index is 11.2. The Kier molecular flexibility index (Phi) is 16.7. The van der Waals surface area contributed by atoms with Crippen LogP contribution in [0.25, 0.3) is 0 Å². The molecule has 2 aliphatic rings. The molecular weight excluding hydrogens is 579 g/mol. The van der Waals surface area contributed by atoms with Crippen LogP contribution in [0.15, 0.2) is 0 Å². The molecule has 2 rings (SSSR count). The van der Waals surface area contributed by atoms with Crippen LogP contribution in [0.4, 0.5) is 0 Å². The average Bonchev–Trinajstić information content (AvgIpc) is 2.69. The topological polar surface area (TPSA) is 169 Å². The van der Waals surface area contributed by atoms with Gasteiger partial charge in [0.15, 0.2) is 0 Å². The Morgan fingerprint density at radius 2 is 0.967 bits per heavy atom. The third-order valence-electron chi connectivity index (χ3n) is 5.12. The van der Waals surface area contributed by atoms with Gasteiger partial charge < -0.3 is 50.2 Å². The molecule has 11 heteroatoms. The van der Waals surface area contributed by atoms with Crippen molar-refractivity contribution in [3.8, 4) is 0 Å². The summed E-state index contributed by atoms with van der Waals surface area (Å²) in [6.07, 6.45) is 4.32. The standard InChI is InChI=1S/C13H22O8.C6H14N2.Pt/c14-11(15)13(12(16)17)1-3-18-5-7-20-9-10-21-8-6-19-4-2-13;7-5-3-1-2-4-6(5)8;/h1-10H2,(H,14,15)(H,16,17);5-6H,1-4,7-8H2;/q;;+2/p-2/t;5-,6-;/m.1./s1. The molecule has 30 heavy (non-hydrogen) atoms. The van der Waals surface area contributed by atoms with Crippen LogP contribution in [0.1, 0.15) is 38.5 Å². The van der Waals surface area contributed by atoms with E-state index in [-0.39, 0.29) is 72.4 Å². The first-order chi connectivity index (χ1) is 13.9. The summed E-state index contributed by atoms with van der Waals surface area (Å²) in [5, 5.41) is 22.4. The maximum Gasteiger partial charge on any atom is 2.00 e. The number of ether oxygens (including phenoxy) is 4. The fourth-order valence-electron chi connectivity index (χ4n) is 3.06. The van der Waals surface area contributed by atoms with Crippen molar-refractivity contribution >= 4 is 11.9 Å². The summed E-state index contributed by atoms with van der Waals surface area (Å²) in [4.78, 5) is 22.4. The predicted molar refractivity (Wildman–Crippen MR) is 99.4 cm³/mol. The van der Waals surface area contributed by atoms with Crippen LogP contribution in [-0.2, 0) is 49.6 Å². The monoisotopic (exact) mass is 613 g/mol. The summed E-state index contributed by atoms with van der Waals surface area (Å²) in [7, 11) is 0. The van der Waals surface area contributed by atoms with Crippen LogP contribution >= 0.6 is 0 Å². The van der Waals surface area contributed by atoms with Crippen molar-refractivity contribution in [3.63, 3.8) is 0 Å². The molecule has 1 saturated heterocycles. The maximum absolute atomic E-state index is 11.2. The molecule has 2 fully saturated rings. The number of carbonyl (C=O) groups excluding carboxylic acids is 2. The van der Waals surface area contributed by atoms with Crippen molar-refractivity contribution in [1.29, 1.82) is 0 Å². The first kappa shape index (κ1) is 29.4. The largest absolute Gasteiger partial charge is 2.00 e. The third-order valence-corrected chi connectivity index (χ3v) is 5.12. The molecule has 0 aromatic heterocycles. The van der Waals surface area contributed by atoms with Gasteiger partial charge in [0.2, 0.25) is 0 Å². The summed E-state index contributed by atoms with van der Waals surface area (Å²) in [5.74, 6) is -3.38. The second kappa shape index (κ2) is 17.0. The zero-order chi connectivity index (χ0) is 21.5. The first-order valence-corrected chi connectivity index (χ1v) is 10.1. The molecular formula is C19H34N2O8Pt. The van der Waals surface area contributed by atoms with Crippen molar-refractivity contribution in [1.82, 2.24) is 0 Å². The summed E-state index contributed by atoms with van der Waals surface area (Å²) < 4.78 is 20.8. The van der Waals surface area contributed by atoms with E-state index in [9.17, 15) is 19.8 Å². The van der Waals surface area contributed by atoms with Gasteiger partial charge in [-0.2, -0.15) is 0 Å². The number of carboxylic acid groups (broad SMARTS) is 2. The van der Waals surface area contributed by atoms with Gasteiger partial charge in [0.25, 0.3) is 0 Å². The normalized spacial score (nSPS) is 26.5. The number of carbonyl (C=O) groups is 2.